The Hall–Kier alpha value is -3.85. The van der Waals surface area contributed by atoms with Gasteiger partial charge >= 0.3 is 0 Å². The van der Waals surface area contributed by atoms with Crippen molar-refractivity contribution in [2.75, 3.05) is 26.9 Å². The van der Waals surface area contributed by atoms with Gasteiger partial charge in [0.2, 0.25) is 5.90 Å². The van der Waals surface area contributed by atoms with E-state index in [1.54, 1.807) is 7.11 Å². The van der Waals surface area contributed by atoms with Crippen LogP contribution in [0.2, 0.25) is 5.02 Å². The molecule has 0 fully saturated rings. The van der Waals surface area contributed by atoms with Gasteiger partial charge in [0.25, 0.3) is 5.91 Å². The summed E-state index contributed by atoms with van der Waals surface area (Å²) in [6.07, 6.45) is 0.673. The molecule has 0 aromatic heterocycles. The van der Waals surface area contributed by atoms with Crippen LogP contribution in [0.25, 0.3) is 0 Å². The molecule has 0 bridgehead atoms. The number of nitrogens with zero attached hydrogens (tertiary/aromatic N) is 1. The summed E-state index contributed by atoms with van der Waals surface area (Å²) in [4.78, 5) is 19.5. The van der Waals surface area contributed by atoms with Gasteiger partial charge in [0.05, 0.1) is 13.7 Å². The van der Waals surface area contributed by atoms with Crippen LogP contribution in [0, 0.1) is 0 Å². The minimum absolute atomic E-state index is 0.0648. The smallest absolute Gasteiger partial charge is 0.252 e. The largest absolute Gasteiger partial charge is 0.497 e. The molecule has 0 unspecified atom stereocenters. The van der Waals surface area contributed by atoms with Gasteiger partial charge in [-0.3, -0.25) is 4.79 Å². The van der Waals surface area contributed by atoms with E-state index in [1.165, 1.54) is 0 Å². The molecule has 0 saturated carbocycles. The van der Waals surface area contributed by atoms with Crippen molar-refractivity contribution < 1.29 is 24.1 Å². The van der Waals surface area contributed by atoms with Crippen molar-refractivity contribution in [3.8, 4) is 11.5 Å². The summed E-state index contributed by atoms with van der Waals surface area (Å²) in [5.41, 5.74) is 2.05. The van der Waals surface area contributed by atoms with Gasteiger partial charge in [0.1, 0.15) is 11.5 Å². The molecule has 1 aliphatic heterocycles. The number of aliphatic hydroxyl groups is 1. The number of methoxy groups -OCH3 is 1. The number of aliphatic imine (C=N–C) groups is 1. The van der Waals surface area contributed by atoms with Crippen molar-refractivity contribution in [1.82, 2.24) is 5.32 Å². The molecule has 2 N–H and O–H groups in total. The molecule has 0 spiro atoms. The fourth-order valence-electron chi connectivity index (χ4n) is 5.17. The summed E-state index contributed by atoms with van der Waals surface area (Å²) < 4.78 is 18.8. The number of nitrogens with one attached hydrogen (secondary N) is 1. The molecule has 2 atom stereocenters. The highest BCUT2D eigenvalue weighted by Crippen LogP contribution is 2.43. The predicted molar refractivity (Wildman–Crippen MR) is 176 cm³/mol. The number of carbonyl (C=O) groups excluding carboxylic acids is 1. The second-order valence-corrected chi connectivity index (χ2v) is 11.8. The van der Waals surface area contributed by atoms with Crippen LogP contribution in [0.5, 0.6) is 11.5 Å². The molecule has 5 rings (SSSR count). The lowest BCUT2D eigenvalue weighted by Crippen LogP contribution is -2.50. The molecule has 1 amide bonds. The first kappa shape index (κ1) is 31.6. The van der Waals surface area contributed by atoms with Crippen LogP contribution < -0.4 is 14.8 Å². The summed E-state index contributed by atoms with van der Waals surface area (Å²) in [5.74, 6) is 1.43. The standard InChI is InChI=1S/C35H34BrClN2O5/c1-42-30-8-4-7-27(22-30)32-35(23-24-10-14-28(36)15-11-24,34(41)38-19-18-25-6-2-3-9-31(25)37)39-33(44-32)26-12-16-29(17-13-26)43-21-5-20-40/h2-4,6-17,22,32,40H,5,18-21,23H2,1H3,(H,38,41)/t32-,35-/m1/s1. The van der Waals surface area contributed by atoms with Gasteiger partial charge in [-0.05, 0) is 77.7 Å². The Morgan fingerprint density at radius 3 is 2.52 bits per heavy atom. The molecule has 44 heavy (non-hydrogen) atoms. The number of rotatable bonds is 13. The molecule has 1 aliphatic rings. The van der Waals surface area contributed by atoms with E-state index in [-0.39, 0.29) is 12.5 Å². The number of benzene rings is 4. The normalized spacial score (nSPS) is 17.5. The van der Waals surface area contributed by atoms with E-state index < -0.39 is 11.6 Å². The Labute approximate surface area is 271 Å². The summed E-state index contributed by atoms with van der Waals surface area (Å²) in [5, 5.41) is 12.9. The van der Waals surface area contributed by atoms with Gasteiger partial charge in [0, 0.05) is 41.1 Å². The molecule has 7 nitrogen and oxygen atoms in total. The third-order valence-corrected chi connectivity index (χ3v) is 8.35. The zero-order chi connectivity index (χ0) is 30.9. The fraction of sp³-hybridized carbons (Fsp3) is 0.257. The van der Waals surface area contributed by atoms with Gasteiger partial charge in [-0.2, -0.15) is 0 Å². The molecule has 0 saturated heterocycles. The number of hydrogen-bond acceptors (Lipinski definition) is 6. The van der Waals surface area contributed by atoms with Crippen LogP contribution >= 0.6 is 27.5 Å². The highest BCUT2D eigenvalue weighted by molar-refractivity contribution is 9.10. The molecule has 4 aromatic carbocycles. The van der Waals surface area contributed by atoms with E-state index in [1.807, 2.05) is 97.1 Å². The summed E-state index contributed by atoms with van der Waals surface area (Å²) in [6.45, 7) is 0.853. The van der Waals surface area contributed by atoms with Gasteiger partial charge in [-0.25, -0.2) is 4.99 Å². The van der Waals surface area contributed by atoms with Crippen molar-refractivity contribution in [3.05, 3.63) is 129 Å². The van der Waals surface area contributed by atoms with Crippen LogP contribution in [0.3, 0.4) is 0 Å². The number of carbonyl (C=O) groups is 1. The third kappa shape index (κ3) is 7.44. The number of hydrogen-bond donors (Lipinski definition) is 2. The first-order valence-corrected chi connectivity index (χ1v) is 15.6. The van der Waals surface area contributed by atoms with Crippen molar-refractivity contribution in [3.63, 3.8) is 0 Å². The topological polar surface area (TPSA) is 89.4 Å². The second kappa shape index (κ2) is 14.8. The number of aliphatic hydroxyl groups excluding tert-OH is 1. The predicted octanol–water partition coefficient (Wildman–Crippen LogP) is 6.73. The van der Waals surface area contributed by atoms with Crippen LogP contribution in [0.4, 0.5) is 0 Å². The van der Waals surface area contributed by atoms with Crippen molar-refractivity contribution >= 4 is 39.3 Å². The highest BCUT2D eigenvalue weighted by atomic mass is 79.9. The lowest BCUT2D eigenvalue weighted by molar-refractivity contribution is -0.128. The number of halogens is 2. The van der Waals surface area contributed by atoms with E-state index >= 15 is 0 Å². The zero-order valence-corrected chi connectivity index (χ0v) is 26.7. The van der Waals surface area contributed by atoms with E-state index in [0.717, 1.165) is 21.2 Å². The maximum atomic E-state index is 14.4. The first-order valence-electron chi connectivity index (χ1n) is 14.4. The minimum Gasteiger partial charge on any atom is -0.497 e. The van der Waals surface area contributed by atoms with E-state index in [2.05, 4.69) is 21.2 Å². The molecular weight excluding hydrogens is 644 g/mol. The Balaban J connectivity index is 1.53. The van der Waals surface area contributed by atoms with Crippen molar-refractivity contribution in [2.24, 2.45) is 4.99 Å². The molecular formula is C35H34BrClN2O5. The Morgan fingerprint density at radius 1 is 1.02 bits per heavy atom. The van der Waals surface area contributed by atoms with Crippen LogP contribution in [0.15, 0.2) is 107 Å². The van der Waals surface area contributed by atoms with Crippen molar-refractivity contribution in [1.29, 1.82) is 0 Å². The van der Waals surface area contributed by atoms with Crippen LogP contribution in [0.1, 0.15) is 34.8 Å². The molecule has 0 aliphatic carbocycles. The summed E-state index contributed by atoms with van der Waals surface area (Å²) in [6, 6.07) is 30.4. The quantitative estimate of drug-likeness (QED) is 0.153. The average Bonchev–Trinajstić information content (AvgIpc) is 3.44. The first-order chi connectivity index (χ1) is 21.4. The fourth-order valence-corrected chi connectivity index (χ4v) is 5.66. The maximum absolute atomic E-state index is 14.4. The summed E-state index contributed by atoms with van der Waals surface area (Å²) >= 11 is 9.90. The number of ether oxygens (including phenoxy) is 3. The molecule has 228 valence electrons. The van der Waals surface area contributed by atoms with Crippen LogP contribution in [-0.4, -0.2) is 49.3 Å². The van der Waals surface area contributed by atoms with E-state index in [0.29, 0.717) is 60.4 Å². The van der Waals surface area contributed by atoms with E-state index in [9.17, 15) is 4.79 Å². The van der Waals surface area contributed by atoms with Gasteiger partial charge in [0.15, 0.2) is 11.6 Å². The molecule has 0 radical (unpaired) electrons. The highest BCUT2D eigenvalue weighted by Gasteiger charge is 2.53. The third-order valence-electron chi connectivity index (χ3n) is 7.45. The second-order valence-electron chi connectivity index (χ2n) is 10.5. The van der Waals surface area contributed by atoms with Gasteiger partial charge < -0.3 is 24.6 Å². The SMILES string of the molecule is COc1cccc([C@H]2OC(c3ccc(OCCCO)cc3)=N[C@@]2(Cc2ccc(Br)cc2)C(=O)NCCc2ccccc2Cl)c1. The van der Waals surface area contributed by atoms with Gasteiger partial charge in [-0.15, -0.1) is 0 Å². The monoisotopic (exact) mass is 676 g/mol. The van der Waals surface area contributed by atoms with Gasteiger partial charge in [-0.1, -0.05) is 70.0 Å². The molecule has 9 heteroatoms. The molecule has 4 aromatic rings. The Kier molecular flexibility index (Phi) is 10.6. The summed E-state index contributed by atoms with van der Waals surface area (Å²) in [7, 11) is 1.61. The zero-order valence-electron chi connectivity index (χ0n) is 24.3. The average molecular weight is 678 g/mol. The number of amides is 1. The Bertz CT molecular complexity index is 1600. The van der Waals surface area contributed by atoms with Crippen LogP contribution in [-0.2, 0) is 22.4 Å². The van der Waals surface area contributed by atoms with Crippen molar-refractivity contribution in [2.45, 2.75) is 30.9 Å². The lowest BCUT2D eigenvalue weighted by atomic mass is 9.82. The lowest BCUT2D eigenvalue weighted by Gasteiger charge is -2.31. The minimum atomic E-state index is -1.33. The Morgan fingerprint density at radius 2 is 1.80 bits per heavy atom. The maximum Gasteiger partial charge on any atom is 0.252 e. The molecule has 1 heterocycles. The van der Waals surface area contributed by atoms with E-state index in [4.69, 9.17) is 35.9 Å².